The number of imidazole rings is 1. The van der Waals surface area contributed by atoms with Gasteiger partial charge in [0, 0.05) is 25.5 Å². The third-order valence-corrected chi connectivity index (χ3v) is 4.61. The van der Waals surface area contributed by atoms with Gasteiger partial charge in [-0.25, -0.2) is 9.37 Å². The molecule has 0 radical (unpaired) electrons. The van der Waals surface area contributed by atoms with E-state index in [-0.39, 0.29) is 31.8 Å². The second kappa shape index (κ2) is 6.64. The molecule has 3 rings (SSSR count). The standard InChI is InChI=1S/C17H18FN3O4/c18-12-3-1-2-11(8-12)9-17(16(24)25)10-21(7-4-13(17)22)15(23)14-19-5-6-20-14/h1-3,5-6,8,13,22H,4,7,9-10H2,(H,19,20)(H,24,25)/t13-,17+/m0/s1. The van der Waals surface area contributed by atoms with E-state index in [1.54, 1.807) is 6.07 Å². The molecule has 1 fully saturated rings. The molecule has 1 aliphatic heterocycles. The van der Waals surface area contributed by atoms with Gasteiger partial charge >= 0.3 is 5.97 Å². The van der Waals surface area contributed by atoms with Gasteiger partial charge in [-0.05, 0) is 30.5 Å². The van der Waals surface area contributed by atoms with Gasteiger partial charge in [-0.2, -0.15) is 0 Å². The fraction of sp³-hybridized carbons (Fsp3) is 0.353. The zero-order chi connectivity index (χ0) is 18.0. The van der Waals surface area contributed by atoms with Gasteiger partial charge < -0.3 is 20.1 Å². The quantitative estimate of drug-likeness (QED) is 0.767. The summed E-state index contributed by atoms with van der Waals surface area (Å²) in [6, 6.07) is 5.60. The van der Waals surface area contributed by atoms with Gasteiger partial charge in [-0.1, -0.05) is 12.1 Å². The first kappa shape index (κ1) is 17.1. The Labute approximate surface area is 143 Å². The first-order valence-electron chi connectivity index (χ1n) is 7.87. The molecule has 0 bridgehead atoms. The number of carbonyl (C=O) groups is 2. The SMILES string of the molecule is O=C(c1ncc[nH]1)N1CC[C@H](O)[C@](Cc2cccc(F)c2)(C(=O)O)C1. The van der Waals surface area contributed by atoms with Crippen molar-refractivity contribution in [2.75, 3.05) is 13.1 Å². The number of piperidine rings is 1. The molecule has 0 saturated carbocycles. The van der Waals surface area contributed by atoms with Gasteiger partial charge in [0.2, 0.25) is 0 Å². The Hall–Kier alpha value is -2.74. The molecule has 1 aliphatic rings. The largest absolute Gasteiger partial charge is 0.481 e. The van der Waals surface area contributed by atoms with E-state index < -0.39 is 29.2 Å². The Balaban J connectivity index is 1.90. The molecular formula is C17H18FN3O4. The summed E-state index contributed by atoms with van der Waals surface area (Å²) in [7, 11) is 0. The van der Waals surface area contributed by atoms with Gasteiger partial charge in [-0.15, -0.1) is 0 Å². The molecule has 1 saturated heterocycles. The maximum Gasteiger partial charge on any atom is 0.314 e. The highest BCUT2D eigenvalue weighted by atomic mass is 19.1. The Morgan fingerprint density at radius 3 is 2.88 bits per heavy atom. The number of carbonyl (C=O) groups excluding carboxylic acids is 1. The summed E-state index contributed by atoms with van der Waals surface area (Å²) in [6.07, 6.45) is 1.83. The van der Waals surface area contributed by atoms with Crippen molar-refractivity contribution in [3.63, 3.8) is 0 Å². The number of aliphatic hydroxyl groups excluding tert-OH is 1. The Morgan fingerprint density at radius 2 is 2.24 bits per heavy atom. The summed E-state index contributed by atoms with van der Waals surface area (Å²) in [4.78, 5) is 32.4. The minimum atomic E-state index is -1.60. The molecule has 3 N–H and O–H groups in total. The minimum Gasteiger partial charge on any atom is -0.481 e. The summed E-state index contributed by atoms with van der Waals surface area (Å²) >= 11 is 0. The Bertz CT molecular complexity index is 780. The molecule has 1 aromatic carbocycles. The van der Waals surface area contributed by atoms with Crippen LogP contribution < -0.4 is 0 Å². The number of H-pyrrole nitrogens is 1. The van der Waals surface area contributed by atoms with Crippen LogP contribution in [0.5, 0.6) is 0 Å². The van der Waals surface area contributed by atoms with E-state index in [9.17, 15) is 24.2 Å². The zero-order valence-electron chi connectivity index (χ0n) is 13.4. The number of nitrogens with one attached hydrogen (secondary N) is 1. The summed E-state index contributed by atoms with van der Waals surface area (Å²) < 4.78 is 13.4. The van der Waals surface area contributed by atoms with E-state index in [0.29, 0.717) is 5.56 Å². The minimum absolute atomic E-state index is 0.0802. The van der Waals surface area contributed by atoms with Gasteiger partial charge in [0.15, 0.2) is 5.82 Å². The maximum absolute atomic E-state index is 13.4. The fourth-order valence-electron chi connectivity index (χ4n) is 3.26. The van der Waals surface area contributed by atoms with Gasteiger partial charge in [0.25, 0.3) is 5.91 Å². The first-order chi connectivity index (χ1) is 11.9. The normalized spacial score (nSPS) is 23.4. The second-order valence-corrected chi connectivity index (χ2v) is 6.24. The molecular weight excluding hydrogens is 329 g/mol. The molecule has 1 amide bonds. The third kappa shape index (κ3) is 3.25. The van der Waals surface area contributed by atoms with Crippen molar-refractivity contribution in [1.29, 1.82) is 0 Å². The monoisotopic (exact) mass is 347 g/mol. The van der Waals surface area contributed by atoms with E-state index >= 15 is 0 Å². The van der Waals surface area contributed by atoms with Crippen LogP contribution in [-0.2, 0) is 11.2 Å². The van der Waals surface area contributed by atoms with Crippen molar-refractivity contribution in [2.45, 2.75) is 18.9 Å². The van der Waals surface area contributed by atoms with Crippen molar-refractivity contribution in [2.24, 2.45) is 5.41 Å². The molecule has 8 heteroatoms. The molecule has 1 aromatic heterocycles. The number of amides is 1. The van der Waals surface area contributed by atoms with Crippen LogP contribution in [0.25, 0.3) is 0 Å². The van der Waals surface area contributed by atoms with E-state index in [2.05, 4.69) is 9.97 Å². The van der Waals surface area contributed by atoms with E-state index in [1.165, 1.54) is 35.5 Å². The molecule has 132 valence electrons. The number of aliphatic carboxylic acids is 1. The lowest BCUT2D eigenvalue weighted by atomic mass is 9.72. The number of carboxylic acids is 1. The molecule has 2 atom stereocenters. The topological polar surface area (TPSA) is 107 Å². The number of carboxylic acid groups (broad SMARTS) is 1. The second-order valence-electron chi connectivity index (χ2n) is 6.24. The highest BCUT2D eigenvalue weighted by molar-refractivity contribution is 5.91. The molecule has 0 aliphatic carbocycles. The molecule has 2 aromatic rings. The summed E-state index contributed by atoms with van der Waals surface area (Å²) in [6.45, 7) is 0.0401. The van der Waals surface area contributed by atoms with Crippen LogP contribution in [0.4, 0.5) is 4.39 Å². The van der Waals surface area contributed by atoms with Crippen molar-refractivity contribution >= 4 is 11.9 Å². The van der Waals surface area contributed by atoms with Crippen molar-refractivity contribution in [3.05, 3.63) is 53.9 Å². The Morgan fingerprint density at radius 1 is 1.44 bits per heavy atom. The Kier molecular flexibility index (Phi) is 4.54. The summed E-state index contributed by atoms with van der Waals surface area (Å²) in [5.74, 6) is -2.02. The number of aliphatic hydroxyl groups is 1. The van der Waals surface area contributed by atoms with Crippen LogP contribution in [0.15, 0.2) is 36.7 Å². The lowest BCUT2D eigenvalue weighted by molar-refractivity contribution is -0.161. The maximum atomic E-state index is 13.4. The van der Waals surface area contributed by atoms with Crippen LogP contribution in [0.3, 0.4) is 0 Å². The number of likely N-dealkylation sites (tertiary alicyclic amines) is 1. The predicted molar refractivity (Wildman–Crippen MR) is 85.3 cm³/mol. The van der Waals surface area contributed by atoms with E-state index in [1.807, 2.05) is 0 Å². The van der Waals surface area contributed by atoms with Gasteiger partial charge in [0.05, 0.1) is 6.10 Å². The molecule has 25 heavy (non-hydrogen) atoms. The van der Waals surface area contributed by atoms with Crippen molar-refractivity contribution in [1.82, 2.24) is 14.9 Å². The smallest absolute Gasteiger partial charge is 0.314 e. The lowest BCUT2D eigenvalue weighted by Crippen LogP contribution is -2.58. The van der Waals surface area contributed by atoms with Crippen LogP contribution in [0.2, 0.25) is 0 Å². The van der Waals surface area contributed by atoms with Crippen molar-refractivity contribution < 1.29 is 24.2 Å². The predicted octanol–water partition coefficient (Wildman–Crippen LogP) is 1.07. The lowest BCUT2D eigenvalue weighted by Gasteiger charge is -2.43. The van der Waals surface area contributed by atoms with Crippen LogP contribution in [0.1, 0.15) is 22.6 Å². The number of hydrogen-bond acceptors (Lipinski definition) is 4. The molecule has 0 spiro atoms. The van der Waals surface area contributed by atoms with Gasteiger partial charge in [0.1, 0.15) is 11.2 Å². The zero-order valence-corrected chi connectivity index (χ0v) is 13.4. The number of aromatic amines is 1. The number of rotatable bonds is 4. The van der Waals surface area contributed by atoms with Crippen LogP contribution >= 0.6 is 0 Å². The van der Waals surface area contributed by atoms with Gasteiger partial charge in [-0.3, -0.25) is 9.59 Å². The number of hydrogen-bond donors (Lipinski definition) is 3. The van der Waals surface area contributed by atoms with Crippen molar-refractivity contribution in [3.8, 4) is 0 Å². The average Bonchev–Trinajstić information content (AvgIpc) is 3.10. The highest BCUT2D eigenvalue weighted by Crippen LogP contribution is 2.35. The third-order valence-electron chi connectivity index (χ3n) is 4.61. The van der Waals surface area contributed by atoms with E-state index in [0.717, 1.165) is 0 Å². The molecule has 0 unspecified atom stereocenters. The number of halogens is 1. The summed E-state index contributed by atoms with van der Waals surface area (Å²) in [5.41, 5.74) is -1.15. The average molecular weight is 347 g/mol. The van der Waals surface area contributed by atoms with Crippen LogP contribution in [0, 0.1) is 11.2 Å². The first-order valence-corrected chi connectivity index (χ1v) is 7.87. The number of nitrogens with zero attached hydrogens (tertiary/aromatic N) is 2. The fourth-order valence-corrected chi connectivity index (χ4v) is 3.26. The summed E-state index contributed by atoms with van der Waals surface area (Å²) in [5, 5.41) is 20.2. The number of aromatic nitrogens is 2. The van der Waals surface area contributed by atoms with Crippen LogP contribution in [-0.4, -0.2) is 56.2 Å². The highest BCUT2D eigenvalue weighted by Gasteiger charge is 2.50. The number of benzene rings is 1. The molecule has 7 nitrogen and oxygen atoms in total. The molecule has 2 heterocycles. The van der Waals surface area contributed by atoms with E-state index in [4.69, 9.17) is 0 Å².